The van der Waals surface area contributed by atoms with Crippen molar-refractivity contribution in [3.63, 3.8) is 0 Å². The Balaban J connectivity index is 2.09. The van der Waals surface area contributed by atoms with Crippen molar-refractivity contribution in [3.05, 3.63) is 66.0 Å². The Morgan fingerprint density at radius 3 is 2.09 bits per heavy atom. The highest BCUT2D eigenvalue weighted by atomic mass is 19.4. The summed E-state index contributed by atoms with van der Waals surface area (Å²) < 4.78 is 57.4. The standard InChI is InChI=1S/C18H12F4O/c1-23-14-6-2-11(3-7-14)12-4-8-15-13(10-12)5-9-16(17(15)19)18(20,21)22/h2-10H,1H3. The van der Waals surface area contributed by atoms with E-state index in [0.717, 1.165) is 17.2 Å². The van der Waals surface area contributed by atoms with Crippen LogP contribution in [0.2, 0.25) is 0 Å². The number of methoxy groups -OCH3 is 1. The minimum absolute atomic E-state index is 0.0444. The number of fused-ring (bicyclic) bond motifs is 1. The second kappa shape index (κ2) is 5.57. The zero-order chi connectivity index (χ0) is 16.6. The van der Waals surface area contributed by atoms with Crippen LogP contribution in [0.15, 0.2) is 54.6 Å². The van der Waals surface area contributed by atoms with Crippen molar-refractivity contribution >= 4 is 10.8 Å². The molecule has 0 fully saturated rings. The highest BCUT2D eigenvalue weighted by molar-refractivity contribution is 5.88. The van der Waals surface area contributed by atoms with Crippen LogP contribution in [0.5, 0.6) is 5.75 Å². The summed E-state index contributed by atoms with van der Waals surface area (Å²) in [7, 11) is 1.56. The molecule has 0 atom stereocenters. The van der Waals surface area contributed by atoms with Gasteiger partial charge in [-0.15, -0.1) is 0 Å². The van der Waals surface area contributed by atoms with Crippen LogP contribution in [0.25, 0.3) is 21.9 Å². The van der Waals surface area contributed by atoms with Crippen LogP contribution in [0.4, 0.5) is 17.6 Å². The molecule has 0 amide bonds. The van der Waals surface area contributed by atoms with Gasteiger partial charge in [0.1, 0.15) is 11.6 Å². The van der Waals surface area contributed by atoms with Crippen LogP contribution in [0, 0.1) is 5.82 Å². The zero-order valence-electron chi connectivity index (χ0n) is 12.1. The Bertz CT molecular complexity index is 851. The monoisotopic (exact) mass is 320 g/mol. The second-order valence-electron chi connectivity index (χ2n) is 5.09. The summed E-state index contributed by atoms with van der Waals surface area (Å²) in [6.45, 7) is 0. The predicted octanol–water partition coefficient (Wildman–Crippen LogP) is 5.67. The molecule has 0 unspecified atom stereocenters. The van der Waals surface area contributed by atoms with Gasteiger partial charge in [0.25, 0.3) is 0 Å². The largest absolute Gasteiger partial charge is 0.497 e. The fourth-order valence-corrected chi connectivity index (χ4v) is 2.47. The maximum Gasteiger partial charge on any atom is 0.419 e. The number of hydrogen-bond donors (Lipinski definition) is 0. The van der Waals surface area contributed by atoms with Crippen LogP contribution >= 0.6 is 0 Å². The van der Waals surface area contributed by atoms with E-state index < -0.39 is 17.6 Å². The number of benzene rings is 3. The average Bonchev–Trinajstić information content (AvgIpc) is 2.53. The molecular formula is C18H12F4O. The highest BCUT2D eigenvalue weighted by Gasteiger charge is 2.34. The van der Waals surface area contributed by atoms with E-state index in [1.165, 1.54) is 12.1 Å². The van der Waals surface area contributed by atoms with Gasteiger partial charge in [-0.25, -0.2) is 4.39 Å². The van der Waals surface area contributed by atoms with Gasteiger partial charge < -0.3 is 4.74 Å². The third-order valence-corrected chi connectivity index (χ3v) is 3.68. The molecule has 118 valence electrons. The molecule has 3 rings (SSSR count). The first-order chi connectivity index (χ1) is 10.9. The molecular weight excluding hydrogens is 308 g/mol. The molecule has 0 aliphatic carbocycles. The van der Waals surface area contributed by atoms with Crippen molar-refractivity contribution in [1.29, 1.82) is 0 Å². The first kappa shape index (κ1) is 15.3. The van der Waals surface area contributed by atoms with Gasteiger partial charge in [-0.3, -0.25) is 0 Å². The molecule has 3 aromatic rings. The summed E-state index contributed by atoms with van der Waals surface area (Å²) in [5, 5.41) is 0.376. The van der Waals surface area contributed by atoms with Gasteiger partial charge >= 0.3 is 6.18 Å². The van der Waals surface area contributed by atoms with Gasteiger partial charge in [0.15, 0.2) is 0 Å². The van der Waals surface area contributed by atoms with Crippen LogP contribution in [0.1, 0.15) is 5.56 Å². The van der Waals surface area contributed by atoms with Crippen molar-refractivity contribution in [2.75, 3.05) is 7.11 Å². The summed E-state index contributed by atoms with van der Waals surface area (Å²) in [6.07, 6.45) is -4.70. The quantitative estimate of drug-likeness (QED) is 0.553. The Morgan fingerprint density at radius 1 is 0.826 bits per heavy atom. The van der Waals surface area contributed by atoms with Crippen LogP contribution in [-0.4, -0.2) is 7.11 Å². The van der Waals surface area contributed by atoms with Crippen molar-refractivity contribution < 1.29 is 22.3 Å². The SMILES string of the molecule is COc1ccc(-c2ccc3c(F)c(C(F)(F)F)ccc3c2)cc1. The first-order valence-corrected chi connectivity index (χ1v) is 6.84. The van der Waals surface area contributed by atoms with E-state index in [9.17, 15) is 17.6 Å². The predicted molar refractivity (Wildman–Crippen MR) is 80.9 cm³/mol. The van der Waals surface area contributed by atoms with Gasteiger partial charge in [-0.2, -0.15) is 13.2 Å². The van der Waals surface area contributed by atoms with E-state index in [0.29, 0.717) is 11.1 Å². The number of rotatable bonds is 2. The lowest BCUT2D eigenvalue weighted by atomic mass is 9.99. The van der Waals surface area contributed by atoms with Gasteiger partial charge in [0, 0.05) is 5.39 Å². The summed E-state index contributed by atoms with van der Waals surface area (Å²) in [5.41, 5.74) is 0.412. The maximum absolute atomic E-state index is 14.1. The molecule has 23 heavy (non-hydrogen) atoms. The average molecular weight is 320 g/mol. The lowest BCUT2D eigenvalue weighted by molar-refractivity contribution is -0.139. The van der Waals surface area contributed by atoms with E-state index in [4.69, 9.17) is 4.74 Å². The molecule has 3 aromatic carbocycles. The van der Waals surface area contributed by atoms with Gasteiger partial charge in [-0.1, -0.05) is 30.3 Å². The van der Waals surface area contributed by atoms with Crippen LogP contribution in [0.3, 0.4) is 0 Å². The number of alkyl halides is 3. The van der Waals surface area contributed by atoms with Gasteiger partial charge in [0.2, 0.25) is 0 Å². The minimum Gasteiger partial charge on any atom is -0.497 e. The maximum atomic E-state index is 14.1. The lowest BCUT2D eigenvalue weighted by Gasteiger charge is -2.11. The molecule has 0 aliphatic rings. The highest BCUT2D eigenvalue weighted by Crippen LogP contribution is 2.35. The zero-order valence-corrected chi connectivity index (χ0v) is 12.1. The molecule has 5 heteroatoms. The second-order valence-corrected chi connectivity index (χ2v) is 5.09. The van der Waals surface area contributed by atoms with Gasteiger partial charge in [0.05, 0.1) is 12.7 Å². The normalized spacial score (nSPS) is 11.7. The number of ether oxygens (including phenoxy) is 1. The smallest absolute Gasteiger partial charge is 0.419 e. The molecule has 0 heterocycles. The van der Waals surface area contributed by atoms with Crippen molar-refractivity contribution in [1.82, 2.24) is 0 Å². The van der Waals surface area contributed by atoms with E-state index in [2.05, 4.69) is 0 Å². The van der Waals surface area contributed by atoms with E-state index in [1.807, 2.05) is 12.1 Å². The Hall–Kier alpha value is -2.56. The molecule has 0 spiro atoms. The molecule has 0 aromatic heterocycles. The third kappa shape index (κ3) is 2.86. The third-order valence-electron chi connectivity index (χ3n) is 3.68. The molecule has 0 bridgehead atoms. The van der Waals surface area contributed by atoms with Crippen molar-refractivity contribution in [3.8, 4) is 16.9 Å². The van der Waals surface area contributed by atoms with E-state index in [-0.39, 0.29) is 5.39 Å². The van der Waals surface area contributed by atoms with Crippen molar-refractivity contribution in [2.24, 2.45) is 0 Å². The summed E-state index contributed by atoms with van der Waals surface area (Å²) in [5.74, 6) is -0.535. The summed E-state index contributed by atoms with van der Waals surface area (Å²) in [4.78, 5) is 0. The first-order valence-electron chi connectivity index (χ1n) is 6.84. The molecule has 0 saturated heterocycles. The number of hydrogen-bond acceptors (Lipinski definition) is 1. The van der Waals surface area contributed by atoms with Crippen LogP contribution < -0.4 is 4.74 Å². The fourth-order valence-electron chi connectivity index (χ4n) is 2.47. The van der Waals surface area contributed by atoms with Gasteiger partial charge in [-0.05, 0) is 40.8 Å². The topological polar surface area (TPSA) is 9.23 Å². The van der Waals surface area contributed by atoms with E-state index >= 15 is 0 Å². The molecule has 0 aliphatic heterocycles. The van der Waals surface area contributed by atoms with Crippen molar-refractivity contribution in [2.45, 2.75) is 6.18 Å². The van der Waals surface area contributed by atoms with E-state index in [1.54, 1.807) is 31.4 Å². The molecule has 1 nitrogen and oxygen atoms in total. The Morgan fingerprint density at radius 2 is 1.48 bits per heavy atom. The Labute approximate surface area is 130 Å². The minimum atomic E-state index is -4.70. The lowest BCUT2D eigenvalue weighted by Crippen LogP contribution is -2.08. The number of halogens is 4. The molecule has 0 saturated carbocycles. The van der Waals surface area contributed by atoms with Crippen LogP contribution in [-0.2, 0) is 6.18 Å². The fraction of sp³-hybridized carbons (Fsp3) is 0.111. The molecule has 0 N–H and O–H groups in total. The summed E-state index contributed by atoms with van der Waals surface area (Å²) in [6, 6.07) is 13.9. The molecule has 0 radical (unpaired) electrons. The summed E-state index contributed by atoms with van der Waals surface area (Å²) >= 11 is 0. The Kier molecular flexibility index (Phi) is 3.72.